The first kappa shape index (κ1) is 15.9. The lowest BCUT2D eigenvalue weighted by molar-refractivity contribution is -0.122. The van der Waals surface area contributed by atoms with E-state index in [1.54, 1.807) is 17.0 Å². The minimum absolute atomic E-state index is 0.0232. The summed E-state index contributed by atoms with van der Waals surface area (Å²) in [5, 5.41) is 3.00. The second-order valence-corrected chi connectivity index (χ2v) is 5.35. The van der Waals surface area contributed by atoms with Gasteiger partial charge >= 0.3 is 0 Å². The Hall–Kier alpha value is -1.53. The highest BCUT2D eigenvalue weighted by Crippen LogP contribution is 2.16. The van der Waals surface area contributed by atoms with Crippen molar-refractivity contribution in [3.8, 4) is 0 Å². The summed E-state index contributed by atoms with van der Waals surface area (Å²) < 4.78 is 5.16. The van der Waals surface area contributed by atoms with E-state index < -0.39 is 0 Å². The number of carbonyl (C=O) groups excluding carboxylic acids is 2. The summed E-state index contributed by atoms with van der Waals surface area (Å²) in [5.41, 5.74) is 0. The maximum atomic E-state index is 12.3. The number of nitrogens with zero attached hydrogens (tertiary/aromatic N) is 2. The molecule has 2 amide bonds. The predicted molar refractivity (Wildman–Crippen MR) is 79.4 cm³/mol. The van der Waals surface area contributed by atoms with Crippen molar-refractivity contribution in [2.75, 3.05) is 39.3 Å². The predicted octanol–water partition coefficient (Wildman–Crippen LogP) is 1.22. The van der Waals surface area contributed by atoms with Crippen LogP contribution in [0.5, 0.6) is 0 Å². The molecule has 2 rings (SSSR count). The molecule has 1 N–H and O–H groups in total. The third kappa shape index (κ3) is 4.47. The Morgan fingerprint density at radius 2 is 2.10 bits per heavy atom. The standard InChI is InChI=1S/C14H20ClN3O3/c1-2-16-13(19)10-17-6-3-7-18(9-8-17)14(20)11-4-5-12(15)21-11/h4-5H,2-3,6-10H2,1H3,(H,16,19). The van der Waals surface area contributed by atoms with Crippen LogP contribution in [0.1, 0.15) is 23.9 Å². The van der Waals surface area contributed by atoms with Gasteiger partial charge in [0.15, 0.2) is 11.0 Å². The molecule has 1 aromatic heterocycles. The Morgan fingerprint density at radius 3 is 2.76 bits per heavy atom. The highest BCUT2D eigenvalue weighted by molar-refractivity contribution is 6.29. The van der Waals surface area contributed by atoms with Gasteiger partial charge < -0.3 is 14.6 Å². The van der Waals surface area contributed by atoms with E-state index in [4.69, 9.17) is 16.0 Å². The smallest absolute Gasteiger partial charge is 0.289 e. The number of carbonyl (C=O) groups is 2. The van der Waals surface area contributed by atoms with Crippen LogP contribution in [0, 0.1) is 0 Å². The highest BCUT2D eigenvalue weighted by atomic mass is 35.5. The van der Waals surface area contributed by atoms with Gasteiger partial charge in [0.1, 0.15) is 0 Å². The molecular formula is C14H20ClN3O3. The summed E-state index contributed by atoms with van der Waals surface area (Å²) in [6, 6.07) is 3.15. The molecule has 1 fully saturated rings. The zero-order valence-corrected chi connectivity index (χ0v) is 12.9. The van der Waals surface area contributed by atoms with Crippen LogP contribution < -0.4 is 5.32 Å². The average molecular weight is 314 g/mol. The number of hydrogen-bond acceptors (Lipinski definition) is 4. The Labute approximate surface area is 129 Å². The number of halogens is 1. The second kappa shape index (κ2) is 7.47. The van der Waals surface area contributed by atoms with Crippen LogP contribution in [0.4, 0.5) is 0 Å². The molecule has 1 aliphatic rings. The number of furan rings is 1. The van der Waals surface area contributed by atoms with E-state index in [2.05, 4.69) is 10.2 Å². The Morgan fingerprint density at radius 1 is 1.29 bits per heavy atom. The van der Waals surface area contributed by atoms with Crippen LogP contribution in [0.15, 0.2) is 16.5 Å². The highest BCUT2D eigenvalue weighted by Gasteiger charge is 2.23. The summed E-state index contributed by atoms with van der Waals surface area (Å²) in [4.78, 5) is 27.7. The van der Waals surface area contributed by atoms with Gasteiger partial charge in [0.05, 0.1) is 6.54 Å². The Bertz CT molecular complexity index is 503. The van der Waals surface area contributed by atoms with Gasteiger partial charge in [-0.25, -0.2) is 0 Å². The van der Waals surface area contributed by atoms with Gasteiger partial charge in [0.2, 0.25) is 5.91 Å². The van der Waals surface area contributed by atoms with Gasteiger partial charge in [0.25, 0.3) is 5.91 Å². The Kier molecular flexibility index (Phi) is 5.64. The minimum atomic E-state index is -0.151. The van der Waals surface area contributed by atoms with Crippen LogP contribution in [-0.2, 0) is 4.79 Å². The molecule has 6 nitrogen and oxygen atoms in total. The molecule has 1 saturated heterocycles. The van der Waals surface area contributed by atoms with E-state index in [1.807, 2.05) is 6.92 Å². The van der Waals surface area contributed by atoms with Gasteiger partial charge in [-0.3, -0.25) is 14.5 Å². The molecule has 0 spiro atoms. The maximum absolute atomic E-state index is 12.3. The van der Waals surface area contributed by atoms with Crippen LogP contribution in [0.2, 0.25) is 5.22 Å². The van der Waals surface area contributed by atoms with Crippen LogP contribution >= 0.6 is 11.6 Å². The third-order valence-corrected chi connectivity index (χ3v) is 3.60. The third-order valence-electron chi connectivity index (χ3n) is 3.40. The molecule has 116 valence electrons. The van der Waals surface area contributed by atoms with Crippen molar-refractivity contribution in [2.45, 2.75) is 13.3 Å². The number of hydrogen-bond donors (Lipinski definition) is 1. The van der Waals surface area contributed by atoms with Crippen LogP contribution in [0.3, 0.4) is 0 Å². The van der Waals surface area contributed by atoms with Gasteiger partial charge in [-0.2, -0.15) is 0 Å². The first-order valence-corrected chi connectivity index (χ1v) is 7.51. The van der Waals surface area contributed by atoms with E-state index in [0.29, 0.717) is 32.7 Å². The van der Waals surface area contributed by atoms with E-state index >= 15 is 0 Å². The van der Waals surface area contributed by atoms with Crippen molar-refractivity contribution in [1.29, 1.82) is 0 Å². The number of rotatable bonds is 4. The van der Waals surface area contributed by atoms with Gasteiger partial charge in [-0.05, 0) is 37.1 Å². The topological polar surface area (TPSA) is 65.8 Å². The fourth-order valence-electron chi connectivity index (χ4n) is 2.37. The quantitative estimate of drug-likeness (QED) is 0.907. The summed E-state index contributed by atoms with van der Waals surface area (Å²) in [6.07, 6.45) is 0.833. The lowest BCUT2D eigenvalue weighted by Gasteiger charge is -2.20. The van der Waals surface area contributed by atoms with Crippen molar-refractivity contribution >= 4 is 23.4 Å². The molecule has 0 atom stereocenters. The van der Waals surface area contributed by atoms with Gasteiger partial charge in [0, 0.05) is 32.7 Å². The maximum Gasteiger partial charge on any atom is 0.289 e. The first-order valence-electron chi connectivity index (χ1n) is 7.14. The summed E-state index contributed by atoms with van der Waals surface area (Å²) >= 11 is 5.70. The molecule has 7 heteroatoms. The second-order valence-electron chi connectivity index (χ2n) is 4.98. The average Bonchev–Trinajstić information content (AvgIpc) is 2.75. The normalized spacial score (nSPS) is 16.6. The van der Waals surface area contributed by atoms with Crippen molar-refractivity contribution in [3.63, 3.8) is 0 Å². The summed E-state index contributed by atoms with van der Waals surface area (Å²) in [7, 11) is 0. The minimum Gasteiger partial charge on any atom is -0.440 e. The number of nitrogens with one attached hydrogen (secondary N) is 1. The zero-order valence-electron chi connectivity index (χ0n) is 12.1. The van der Waals surface area contributed by atoms with E-state index in [1.165, 1.54) is 0 Å². The molecule has 0 unspecified atom stereocenters. The van der Waals surface area contributed by atoms with Crippen molar-refractivity contribution in [3.05, 3.63) is 23.1 Å². The molecular weight excluding hydrogens is 294 g/mol. The molecule has 1 aromatic rings. The first-order chi connectivity index (χ1) is 10.1. The molecule has 0 radical (unpaired) electrons. The number of amides is 2. The fourth-order valence-corrected chi connectivity index (χ4v) is 2.52. The Balaban J connectivity index is 1.88. The van der Waals surface area contributed by atoms with Crippen LogP contribution in [-0.4, -0.2) is 60.9 Å². The molecule has 21 heavy (non-hydrogen) atoms. The largest absolute Gasteiger partial charge is 0.440 e. The van der Waals surface area contributed by atoms with E-state index in [0.717, 1.165) is 13.0 Å². The van der Waals surface area contributed by atoms with Gasteiger partial charge in [-0.15, -0.1) is 0 Å². The van der Waals surface area contributed by atoms with Crippen molar-refractivity contribution in [1.82, 2.24) is 15.1 Å². The SMILES string of the molecule is CCNC(=O)CN1CCCN(C(=O)c2ccc(Cl)o2)CC1. The lowest BCUT2D eigenvalue weighted by Crippen LogP contribution is -2.40. The monoisotopic (exact) mass is 313 g/mol. The van der Waals surface area contributed by atoms with Crippen molar-refractivity contribution in [2.24, 2.45) is 0 Å². The summed E-state index contributed by atoms with van der Waals surface area (Å²) in [5.74, 6) is 0.133. The van der Waals surface area contributed by atoms with E-state index in [-0.39, 0.29) is 22.8 Å². The molecule has 0 bridgehead atoms. The zero-order chi connectivity index (χ0) is 15.2. The number of likely N-dealkylation sites (N-methyl/N-ethyl adjacent to an activating group) is 1. The molecule has 1 aliphatic heterocycles. The molecule has 0 aliphatic carbocycles. The van der Waals surface area contributed by atoms with E-state index in [9.17, 15) is 9.59 Å². The van der Waals surface area contributed by atoms with Gasteiger partial charge in [-0.1, -0.05) is 0 Å². The summed E-state index contributed by atoms with van der Waals surface area (Å²) in [6.45, 7) is 5.63. The van der Waals surface area contributed by atoms with Crippen molar-refractivity contribution < 1.29 is 14.0 Å². The molecule has 0 aromatic carbocycles. The van der Waals surface area contributed by atoms with Crippen LogP contribution in [0.25, 0.3) is 0 Å². The molecule has 0 saturated carbocycles. The molecule has 2 heterocycles. The fraction of sp³-hybridized carbons (Fsp3) is 0.571. The lowest BCUT2D eigenvalue weighted by atomic mass is 10.3.